The van der Waals surface area contributed by atoms with Crippen molar-refractivity contribution in [3.8, 4) is 34.1 Å². The zero-order chi connectivity index (χ0) is 25.5. The van der Waals surface area contributed by atoms with Gasteiger partial charge in [0.2, 0.25) is 0 Å². The average molecular weight is 475 g/mol. The van der Waals surface area contributed by atoms with Gasteiger partial charge in [-0.2, -0.15) is 0 Å². The van der Waals surface area contributed by atoms with Crippen LogP contribution in [-0.2, 0) is 9.53 Å². The topological polar surface area (TPSA) is 54.0 Å². The lowest BCUT2D eigenvalue weighted by atomic mass is 10.0. The van der Waals surface area contributed by atoms with Gasteiger partial charge in [-0.1, -0.05) is 30.8 Å². The largest absolute Gasteiger partial charge is 0.497 e. The van der Waals surface area contributed by atoms with Crippen LogP contribution in [0.2, 0.25) is 0 Å². The van der Waals surface area contributed by atoms with E-state index in [0.717, 1.165) is 34.1 Å². The maximum atomic E-state index is 11.9. The second kappa shape index (κ2) is 11.2. The van der Waals surface area contributed by atoms with Gasteiger partial charge in [0.05, 0.1) is 13.7 Å². The Morgan fingerprint density at radius 1 is 0.771 bits per heavy atom. The van der Waals surface area contributed by atoms with E-state index in [1.165, 1.54) is 6.08 Å². The lowest BCUT2D eigenvalue weighted by Crippen LogP contribution is -2.37. The molecule has 0 spiro atoms. The molecule has 0 aliphatic rings. The summed E-state index contributed by atoms with van der Waals surface area (Å²) >= 11 is 0. The smallest absolute Gasteiger partial charge is 0.186 e. The maximum Gasteiger partial charge on any atom is 0.186 e. The predicted octanol–water partition coefficient (Wildman–Crippen LogP) is 7.25. The normalized spacial score (nSPS) is 11.6. The number of hydrogen-bond acceptors (Lipinski definition) is 5. The highest BCUT2D eigenvalue weighted by atomic mass is 16.5. The van der Waals surface area contributed by atoms with Gasteiger partial charge in [-0.3, -0.25) is 4.79 Å². The van der Waals surface area contributed by atoms with E-state index < -0.39 is 11.2 Å². The van der Waals surface area contributed by atoms with Crippen LogP contribution >= 0.6 is 0 Å². The van der Waals surface area contributed by atoms with Gasteiger partial charge >= 0.3 is 0 Å². The van der Waals surface area contributed by atoms with Gasteiger partial charge in [0.15, 0.2) is 5.78 Å². The zero-order valence-corrected chi connectivity index (χ0v) is 21.2. The Morgan fingerprint density at radius 3 is 1.71 bits per heavy atom. The molecule has 0 aliphatic carbocycles. The van der Waals surface area contributed by atoms with Crippen LogP contribution in [0.1, 0.15) is 34.1 Å². The van der Waals surface area contributed by atoms with E-state index in [1.807, 2.05) is 86.6 Å². The Balaban J connectivity index is 1.53. The van der Waals surface area contributed by atoms with E-state index in [1.54, 1.807) is 21.0 Å². The molecule has 3 aromatic carbocycles. The van der Waals surface area contributed by atoms with E-state index in [-0.39, 0.29) is 5.78 Å². The molecular formula is C30H34O5. The van der Waals surface area contributed by atoms with Crippen molar-refractivity contribution in [2.75, 3.05) is 13.7 Å². The van der Waals surface area contributed by atoms with Crippen molar-refractivity contribution >= 4 is 5.78 Å². The van der Waals surface area contributed by atoms with E-state index in [4.69, 9.17) is 18.9 Å². The Bertz CT molecular complexity index is 1110. The molecule has 0 saturated carbocycles. The molecular weight excluding hydrogens is 440 g/mol. The van der Waals surface area contributed by atoms with Crippen LogP contribution in [0.25, 0.3) is 11.1 Å². The predicted molar refractivity (Wildman–Crippen MR) is 140 cm³/mol. The highest BCUT2D eigenvalue weighted by molar-refractivity contribution is 5.95. The van der Waals surface area contributed by atoms with Crippen molar-refractivity contribution in [3.63, 3.8) is 0 Å². The van der Waals surface area contributed by atoms with Crippen molar-refractivity contribution in [1.82, 2.24) is 0 Å². The fourth-order valence-electron chi connectivity index (χ4n) is 3.45. The summed E-state index contributed by atoms with van der Waals surface area (Å²) in [6.07, 6.45) is 1.92. The van der Waals surface area contributed by atoms with Crippen LogP contribution < -0.4 is 14.2 Å². The molecule has 0 heterocycles. The molecule has 3 rings (SSSR count). The molecule has 0 fully saturated rings. The number of rotatable bonds is 12. The van der Waals surface area contributed by atoms with Gasteiger partial charge in [0, 0.05) is 6.42 Å². The first-order valence-corrected chi connectivity index (χ1v) is 11.6. The van der Waals surface area contributed by atoms with Crippen LogP contribution in [-0.4, -0.2) is 30.7 Å². The minimum atomic E-state index is -0.885. The molecule has 0 bridgehead atoms. The zero-order valence-electron chi connectivity index (χ0n) is 21.2. The molecule has 0 amide bonds. The summed E-state index contributed by atoms with van der Waals surface area (Å²) in [7, 11) is 1.66. The van der Waals surface area contributed by atoms with Crippen molar-refractivity contribution in [1.29, 1.82) is 0 Å². The van der Waals surface area contributed by atoms with Gasteiger partial charge in [-0.15, -0.1) is 0 Å². The second-order valence-corrected chi connectivity index (χ2v) is 9.37. The standard InChI is InChI=1S/C30H34O5/c1-7-28(31)30(4,5)33-21-20-29(2,3)35-27-18-16-26(17-19-27)34-25-14-10-23(11-15-25)22-8-12-24(32-6)13-9-22/h7-19H,1,20-21H2,2-6H3. The Hall–Kier alpha value is -3.57. The molecule has 0 N–H and O–H groups in total. The van der Waals surface area contributed by atoms with Crippen molar-refractivity contribution in [2.24, 2.45) is 0 Å². The number of ether oxygens (including phenoxy) is 4. The molecule has 5 nitrogen and oxygen atoms in total. The van der Waals surface area contributed by atoms with Crippen molar-refractivity contribution < 1.29 is 23.7 Å². The molecule has 0 aliphatic heterocycles. The number of methoxy groups -OCH3 is 1. The Labute approximate surface area is 208 Å². The summed E-state index contributed by atoms with van der Waals surface area (Å²) in [5, 5.41) is 0. The third kappa shape index (κ3) is 7.46. The van der Waals surface area contributed by atoms with Gasteiger partial charge in [0.25, 0.3) is 0 Å². The molecule has 0 radical (unpaired) electrons. The minimum Gasteiger partial charge on any atom is -0.497 e. The lowest BCUT2D eigenvalue weighted by Gasteiger charge is -2.29. The number of hydrogen-bond donors (Lipinski definition) is 0. The first-order valence-electron chi connectivity index (χ1n) is 11.6. The van der Waals surface area contributed by atoms with Crippen LogP contribution in [0, 0.1) is 0 Å². The van der Waals surface area contributed by atoms with Crippen molar-refractivity contribution in [3.05, 3.63) is 85.5 Å². The summed E-state index contributed by atoms with van der Waals surface area (Å²) in [5.41, 5.74) is 0.867. The molecule has 0 atom stereocenters. The van der Waals surface area contributed by atoms with Gasteiger partial charge in [0.1, 0.15) is 34.2 Å². The summed E-state index contributed by atoms with van der Waals surface area (Å²) in [5.74, 6) is 2.91. The first kappa shape index (κ1) is 26.0. The monoisotopic (exact) mass is 474 g/mol. The van der Waals surface area contributed by atoms with Crippen LogP contribution in [0.3, 0.4) is 0 Å². The third-order valence-corrected chi connectivity index (χ3v) is 5.68. The lowest BCUT2D eigenvalue weighted by molar-refractivity contribution is -0.136. The minimum absolute atomic E-state index is 0.137. The molecule has 35 heavy (non-hydrogen) atoms. The number of ketones is 1. The fourth-order valence-corrected chi connectivity index (χ4v) is 3.45. The van der Waals surface area contributed by atoms with Crippen LogP contribution in [0.4, 0.5) is 0 Å². The molecule has 3 aromatic rings. The van der Waals surface area contributed by atoms with Crippen LogP contribution in [0.5, 0.6) is 23.0 Å². The highest BCUT2D eigenvalue weighted by Gasteiger charge is 2.28. The number of carbonyl (C=O) groups excluding carboxylic acids is 1. The highest BCUT2D eigenvalue weighted by Crippen LogP contribution is 2.29. The van der Waals surface area contributed by atoms with E-state index in [0.29, 0.717) is 13.0 Å². The van der Waals surface area contributed by atoms with E-state index >= 15 is 0 Å². The summed E-state index contributed by atoms with van der Waals surface area (Å²) < 4.78 is 23.1. The molecule has 0 unspecified atom stereocenters. The summed E-state index contributed by atoms with van der Waals surface area (Å²) in [6.45, 7) is 11.4. The Morgan fingerprint density at radius 2 is 1.23 bits per heavy atom. The quantitative estimate of drug-likeness (QED) is 0.259. The molecule has 0 saturated heterocycles. The Kier molecular flexibility index (Phi) is 8.36. The van der Waals surface area contributed by atoms with Crippen LogP contribution in [0.15, 0.2) is 85.5 Å². The van der Waals surface area contributed by atoms with E-state index in [2.05, 4.69) is 6.58 Å². The van der Waals surface area contributed by atoms with Gasteiger partial charge in [-0.05, 0) is 93.4 Å². The second-order valence-electron chi connectivity index (χ2n) is 9.37. The molecule has 5 heteroatoms. The van der Waals surface area contributed by atoms with Gasteiger partial charge < -0.3 is 18.9 Å². The number of benzene rings is 3. The number of carbonyl (C=O) groups is 1. The fraction of sp³-hybridized carbons (Fsp3) is 0.300. The SMILES string of the molecule is C=CC(=O)C(C)(C)OCCC(C)(C)Oc1ccc(Oc2ccc(-c3ccc(OC)cc3)cc2)cc1. The van der Waals surface area contributed by atoms with E-state index in [9.17, 15) is 4.79 Å². The maximum absolute atomic E-state index is 11.9. The average Bonchev–Trinajstić information content (AvgIpc) is 2.85. The molecule has 184 valence electrons. The third-order valence-electron chi connectivity index (χ3n) is 5.68. The molecule has 0 aromatic heterocycles. The summed E-state index contributed by atoms with van der Waals surface area (Å²) in [6, 6.07) is 23.4. The summed E-state index contributed by atoms with van der Waals surface area (Å²) in [4.78, 5) is 11.9. The van der Waals surface area contributed by atoms with Crippen molar-refractivity contribution in [2.45, 2.75) is 45.3 Å². The van der Waals surface area contributed by atoms with Gasteiger partial charge in [-0.25, -0.2) is 0 Å². The first-order chi connectivity index (χ1) is 16.6.